The number of carbonyl (C=O) groups excluding carboxylic acids is 1. The van der Waals surface area contributed by atoms with Crippen molar-refractivity contribution in [3.8, 4) is 11.1 Å². The molecule has 0 bridgehead atoms. The van der Waals surface area contributed by atoms with Crippen LogP contribution in [0.3, 0.4) is 0 Å². The maximum atomic E-state index is 14.0. The van der Waals surface area contributed by atoms with Crippen LogP contribution >= 0.6 is 0 Å². The van der Waals surface area contributed by atoms with E-state index < -0.39 is 18.1 Å². The number of pyridine rings is 2. The normalized spacial score (nSPS) is 13.0. The predicted molar refractivity (Wildman–Crippen MR) is 169 cm³/mol. The number of fused-ring (bicyclic) bond motifs is 1. The summed E-state index contributed by atoms with van der Waals surface area (Å²) in [4.78, 5) is 46.0. The lowest BCUT2D eigenvalue weighted by Gasteiger charge is -2.26. The summed E-state index contributed by atoms with van der Waals surface area (Å²) in [5.41, 5.74) is 7.06. The van der Waals surface area contributed by atoms with E-state index in [2.05, 4.69) is 15.2 Å². The molecule has 4 rings (SSSR count). The lowest BCUT2D eigenvalue weighted by atomic mass is 9.93. The van der Waals surface area contributed by atoms with E-state index in [0.29, 0.717) is 12.0 Å². The zero-order chi connectivity index (χ0) is 31.4. The first-order valence-corrected chi connectivity index (χ1v) is 14.8. The average molecular weight is 586 g/mol. The maximum absolute atomic E-state index is 14.0. The van der Waals surface area contributed by atoms with Crippen LogP contribution in [0, 0.1) is 26.7 Å². The lowest BCUT2D eigenvalue weighted by Crippen LogP contribution is -2.40. The van der Waals surface area contributed by atoms with Gasteiger partial charge in [-0.1, -0.05) is 32.0 Å². The minimum Gasteiger partial charge on any atom is -0.481 e. The zero-order valence-corrected chi connectivity index (χ0v) is 26.2. The van der Waals surface area contributed by atoms with Gasteiger partial charge < -0.3 is 24.3 Å². The van der Waals surface area contributed by atoms with Crippen LogP contribution in [0.1, 0.15) is 66.6 Å². The topological polar surface area (TPSA) is 109 Å². The molecule has 3 aromatic heterocycles. The molecule has 0 saturated heterocycles. The van der Waals surface area contributed by atoms with Gasteiger partial charge in [0, 0.05) is 43.0 Å². The highest BCUT2D eigenvalue weighted by atomic mass is 16.4. The molecule has 2 atom stereocenters. The number of amides is 1. The van der Waals surface area contributed by atoms with Gasteiger partial charge >= 0.3 is 5.97 Å². The Labute approximate surface area is 253 Å². The number of rotatable bonds is 12. The van der Waals surface area contributed by atoms with E-state index in [1.165, 1.54) is 4.57 Å². The van der Waals surface area contributed by atoms with Crippen LogP contribution in [0.4, 0.5) is 0 Å². The molecular weight excluding hydrogens is 542 g/mol. The second kappa shape index (κ2) is 13.4. The van der Waals surface area contributed by atoms with E-state index >= 15 is 0 Å². The van der Waals surface area contributed by atoms with Gasteiger partial charge in [-0.25, -0.2) is 4.98 Å². The monoisotopic (exact) mass is 585 g/mol. The number of hydrogen-bond donors (Lipinski definition) is 2. The number of likely N-dealkylation sites (N-methyl/N-ethyl adjacent to an activating group) is 1. The molecule has 228 valence electrons. The highest BCUT2D eigenvalue weighted by Gasteiger charge is 2.28. The molecule has 9 heteroatoms. The van der Waals surface area contributed by atoms with Crippen LogP contribution in [0.15, 0.2) is 59.9 Å². The number of aryl methyl sites for hydroxylation is 3. The van der Waals surface area contributed by atoms with E-state index in [-0.39, 0.29) is 23.8 Å². The third-order valence-electron chi connectivity index (χ3n) is 7.91. The van der Waals surface area contributed by atoms with Gasteiger partial charge in [0.2, 0.25) is 5.91 Å². The third-order valence-corrected chi connectivity index (χ3v) is 7.91. The third kappa shape index (κ3) is 7.40. The number of benzene rings is 1. The summed E-state index contributed by atoms with van der Waals surface area (Å²) in [6.07, 6.45) is 8.00. The number of imidazole rings is 1. The molecule has 0 fully saturated rings. The van der Waals surface area contributed by atoms with Crippen molar-refractivity contribution in [1.82, 2.24) is 24.2 Å². The molecule has 0 radical (unpaired) electrons. The molecule has 0 saturated carbocycles. The van der Waals surface area contributed by atoms with Gasteiger partial charge in [-0.05, 0) is 93.1 Å². The molecule has 43 heavy (non-hydrogen) atoms. The van der Waals surface area contributed by atoms with Crippen LogP contribution in [-0.2, 0) is 16.0 Å². The van der Waals surface area contributed by atoms with E-state index in [4.69, 9.17) is 0 Å². The van der Waals surface area contributed by atoms with Crippen LogP contribution in [0.2, 0.25) is 0 Å². The number of carboxylic acids is 1. The fourth-order valence-corrected chi connectivity index (χ4v) is 5.69. The smallest absolute Gasteiger partial charge is 0.305 e. The van der Waals surface area contributed by atoms with Gasteiger partial charge in [0.15, 0.2) is 0 Å². The first-order valence-electron chi connectivity index (χ1n) is 14.8. The minimum atomic E-state index is -1.04. The second-order valence-corrected chi connectivity index (χ2v) is 12.2. The Bertz CT molecular complexity index is 1660. The Balaban J connectivity index is 1.78. The van der Waals surface area contributed by atoms with E-state index in [1.54, 1.807) is 18.5 Å². The van der Waals surface area contributed by atoms with Gasteiger partial charge in [0.05, 0.1) is 12.5 Å². The summed E-state index contributed by atoms with van der Waals surface area (Å²) < 4.78 is 3.39. The molecule has 1 amide bonds. The molecule has 0 spiro atoms. The van der Waals surface area contributed by atoms with Gasteiger partial charge in [0.25, 0.3) is 5.56 Å². The lowest BCUT2D eigenvalue weighted by molar-refractivity contribution is -0.138. The van der Waals surface area contributed by atoms with Crippen molar-refractivity contribution in [2.75, 3.05) is 20.6 Å². The second-order valence-electron chi connectivity index (χ2n) is 12.2. The molecule has 0 aliphatic heterocycles. The van der Waals surface area contributed by atoms with Crippen LogP contribution in [-0.4, -0.2) is 56.5 Å². The van der Waals surface area contributed by atoms with Crippen molar-refractivity contribution in [2.24, 2.45) is 5.92 Å². The van der Waals surface area contributed by atoms with Crippen molar-refractivity contribution >= 4 is 17.5 Å². The Morgan fingerprint density at radius 3 is 2.37 bits per heavy atom. The highest BCUT2D eigenvalue weighted by molar-refractivity contribution is 5.84. The summed E-state index contributed by atoms with van der Waals surface area (Å²) in [5.74, 6) is -1.31. The van der Waals surface area contributed by atoms with Gasteiger partial charge in [-0.15, -0.1) is 0 Å². The Kier molecular flexibility index (Phi) is 9.86. The summed E-state index contributed by atoms with van der Waals surface area (Å²) in [6.45, 7) is 10.8. The molecule has 1 aromatic carbocycles. The predicted octanol–water partition coefficient (Wildman–Crippen LogP) is 5.11. The Morgan fingerprint density at radius 2 is 1.74 bits per heavy atom. The Hall–Kier alpha value is -4.24. The molecule has 2 N–H and O–H groups in total. The van der Waals surface area contributed by atoms with Crippen molar-refractivity contribution in [3.05, 3.63) is 93.3 Å². The first-order chi connectivity index (χ1) is 20.3. The molecule has 3 heterocycles. The van der Waals surface area contributed by atoms with Crippen molar-refractivity contribution in [2.45, 2.75) is 66.0 Å². The van der Waals surface area contributed by atoms with Crippen molar-refractivity contribution in [1.29, 1.82) is 0 Å². The number of nitrogens with one attached hydrogen (secondary N) is 1. The zero-order valence-electron chi connectivity index (χ0n) is 26.2. The number of hydrogen-bond acceptors (Lipinski definition) is 5. The standard InChI is InChI=1S/C34H43N5O4/c1-21(2)15-29(39-20-25(11-13-37(6)7)24(5)16-30(39)40)34(43)36-28(18-31(41)42)26-17-27(33-35-12-14-38(33)19-26)32-22(3)9-8-10-23(32)4/h8-10,12,14,16-17,19-21,28-29H,11,13,15,18H2,1-7H3,(H,36,43)(H,41,42)/t28-,29+/m1/s1. The fraction of sp³-hybridized carbons (Fsp3) is 0.412. The summed E-state index contributed by atoms with van der Waals surface area (Å²) in [6, 6.07) is 7.97. The van der Waals surface area contributed by atoms with Crippen molar-refractivity contribution < 1.29 is 14.7 Å². The van der Waals surface area contributed by atoms with Crippen LogP contribution in [0.25, 0.3) is 16.8 Å². The number of carbonyl (C=O) groups is 2. The number of aliphatic carboxylic acids is 1. The maximum Gasteiger partial charge on any atom is 0.305 e. The average Bonchev–Trinajstić information content (AvgIpc) is 3.39. The first kappa shape index (κ1) is 31.7. The Morgan fingerprint density at radius 1 is 1.05 bits per heavy atom. The summed E-state index contributed by atoms with van der Waals surface area (Å²) >= 11 is 0. The van der Waals surface area contributed by atoms with Crippen LogP contribution < -0.4 is 10.9 Å². The SMILES string of the molecule is Cc1cc(=O)n([C@@H](CC(C)C)C(=O)N[C@H](CC(=O)O)c2cc(-c3c(C)cccc3C)c3nccn3c2)cc1CCN(C)C. The molecule has 0 unspecified atom stereocenters. The fourth-order valence-electron chi connectivity index (χ4n) is 5.69. The van der Waals surface area contributed by atoms with Crippen LogP contribution in [0.5, 0.6) is 0 Å². The molecule has 0 aliphatic carbocycles. The largest absolute Gasteiger partial charge is 0.481 e. The number of nitrogens with zero attached hydrogens (tertiary/aromatic N) is 4. The molecule has 0 aliphatic rings. The van der Waals surface area contributed by atoms with Gasteiger partial charge in [-0.3, -0.25) is 14.4 Å². The molecular formula is C34H43N5O4. The minimum absolute atomic E-state index is 0.116. The summed E-state index contributed by atoms with van der Waals surface area (Å²) in [5, 5.41) is 12.9. The summed E-state index contributed by atoms with van der Waals surface area (Å²) in [7, 11) is 3.99. The molecule has 4 aromatic rings. The van der Waals surface area contributed by atoms with Gasteiger partial charge in [0.1, 0.15) is 11.7 Å². The quantitative estimate of drug-likeness (QED) is 0.239. The molecule has 9 nitrogen and oxygen atoms in total. The van der Waals surface area contributed by atoms with Crippen molar-refractivity contribution in [3.63, 3.8) is 0 Å². The number of carboxylic acid groups (broad SMARTS) is 1. The van der Waals surface area contributed by atoms with Gasteiger partial charge in [-0.2, -0.15) is 0 Å². The van der Waals surface area contributed by atoms with E-state index in [0.717, 1.165) is 52.0 Å². The number of aromatic nitrogens is 3. The highest BCUT2D eigenvalue weighted by Crippen LogP contribution is 2.33. The van der Waals surface area contributed by atoms with E-state index in [9.17, 15) is 19.5 Å². The van der Waals surface area contributed by atoms with E-state index in [1.807, 2.05) is 89.8 Å².